The third-order valence-corrected chi connectivity index (χ3v) is 6.65. The van der Waals surface area contributed by atoms with Crippen molar-refractivity contribution in [1.82, 2.24) is 9.91 Å². The normalized spacial score (nSPS) is 20.5. The van der Waals surface area contributed by atoms with Gasteiger partial charge in [-0.15, -0.1) is 0 Å². The third kappa shape index (κ3) is 4.34. The summed E-state index contributed by atoms with van der Waals surface area (Å²) in [6, 6.07) is 14.8. The fourth-order valence-electron chi connectivity index (χ4n) is 4.64. The van der Waals surface area contributed by atoms with Crippen molar-refractivity contribution in [3.05, 3.63) is 70.3 Å². The van der Waals surface area contributed by atoms with Gasteiger partial charge in [-0.2, -0.15) is 5.10 Å². The molecule has 158 valence electrons. The first kappa shape index (κ1) is 20.8. The third-order valence-electron chi connectivity index (χ3n) is 6.65. The molecule has 2 heterocycles. The summed E-state index contributed by atoms with van der Waals surface area (Å²) in [6.07, 6.45) is 3.11. The molecule has 4 heteroatoms. The van der Waals surface area contributed by atoms with Crippen molar-refractivity contribution in [2.24, 2.45) is 11.0 Å². The molecule has 0 radical (unpaired) electrons. The maximum absolute atomic E-state index is 13.4. The number of piperidine rings is 1. The molecule has 0 bridgehead atoms. The molecule has 0 saturated carbocycles. The van der Waals surface area contributed by atoms with Crippen LogP contribution < -0.4 is 0 Å². The summed E-state index contributed by atoms with van der Waals surface area (Å²) in [4.78, 5) is 15.7. The van der Waals surface area contributed by atoms with Gasteiger partial charge in [-0.25, -0.2) is 5.01 Å². The summed E-state index contributed by atoms with van der Waals surface area (Å²) in [5.74, 6) is 0.870. The number of hydrogen-bond acceptors (Lipinski definition) is 3. The highest BCUT2D eigenvalue weighted by molar-refractivity contribution is 6.04. The Bertz CT molecular complexity index is 957. The number of rotatable bonds is 4. The molecule has 0 N–H and O–H groups in total. The zero-order valence-corrected chi connectivity index (χ0v) is 18.7. The summed E-state index contributed by atoms with van der Waals surface area (Å²) in [6.45, 7) is 11.1. The maximum Gasteiger partial charge on any atom is 0.257 e. The zero-order valence-electron chi connectivity index (χ0n) is 18.7. The van der Waals surface area contributed by atoms with Crippen LogP contribution in [0, 0.1) is 26.7 Å². The predicted octanol–water partition coefficient (Wildman–Crippen LogP) is 5.02. The van der Waals surface area contributed by atoms with Gasteiger partial charge in [0.1, 0.15) is 0 Å². The lowest BCUT2D eigenvalue weighted by Gasteiger charge is -2.31. The zero-order chi connectivity index (χ0) is 21.3. The predicted molar refractivity (Wildman–Crippen MR) is 123 cm³/mol. The number of carbonyl (C=O) groups excluding carboxylic acids is 1. The van der Waals surface area contributed by atoms with Crippen molar-refractivity contribution in [2.45, 2.75) is 53.0 Å². The van der Waals surface area contributed by atoms with Gasteiger partial charge >= 0.3 is 0 Å². The number of amides is 1. The number of nitrogens with zero attached hydrogens (tertiary/aromatic N) is 3. The van der Waals surface area contributed by atoms with Crippen LogP contribution >= 0.6 is 0 Å². The van der Waals surface area contributed by atoms with Crippen LogP contribution in [0.5, 0.6) is 0 Å². The second-order valence-corrected chi connectivity index (χ2v) is 9.14. The highest BCUT2D eigenvalue weighted by Gasteiger charge is 2.35. The molecule has 0 unspecified atom stereocenters. The van der Waals surface area contributed by atoms with Crippen LogP contribution in [0.3, 0.4) is 0 Å². The van der Waals surface area contributed by atoms with E-state index in [1.54, 1.807) is 5.01 Å². The largest absolute Gasteiger partial charge is 0.294 e. The smallest absolute Gasteiger partial charge is 0.257 e. The standard InChI is InChI=1S/C26H33N3O/c1-18-11-13-28(14-12-18)17-26(30)29-25(22-8-6-5-7-20(22)3)16-24(27-29)23-15-19(2)9-10-21(23)4/h5-10,15,18,25H,11-14,16-17H2,1-4H3/t25-/m0/s1. The molecule has 2 aromatic rings. The van der Waals surface area contributed by atoms with Gasteiger partial charge in [-0.3, -0.25) is 9.69 Å². The van der Waals surface area contributed by atoms with Crippen molar-refractivity contribution in [3.8, 4) is 0 Å². The van der Waals surface area contributed by atoms with Crippen molar-refractivity contribution >= 4 is 11.6 Å². The van der Waals surface area contributed by atoms with Gasteiger partial charge < -0.3 is 0 Å². The topological polar surface area (TPSA) is 35.9 Å². The molecule has 0 spiro atoms. The quantitative estimate of drug-likeness (QED) is 0.718. The number of aryl methyl sites for hydroxylation is 3. The van der Waals surface area contributed by atoms with Gasteiger partial charge in [0.2, 0.25) is 0 Å². The van der Waals surface area contributed by atoms with Crippen LogP contribution in [0.2, 0.25) is 0 Å². The Kier molecular flexibility index (Phi) is 6.05. The fourth-order valence-corrected chi connectivity index (χ4v) is 4.64. The first-order valence-electron chi connectivity index (χ1n) is 11.2. The fraction of sp³-hybridized carbons (Fsp3) is 0.462. The van der Waals surface area contributed by atoms with Gasteiger partial charge in [-0.05, 0) is 75.4 Å². The van der Waals surface area contributed by atoms with E-state index in [9.17, 15) is 4.79 Å². The molecule has 1 atom stereocenters. The van der Waals surface area contributed by atoms with E-state index in [0.717, 1.165) is 36.7 Å². The second-order valence-electron chi connectivity index (χ2n) is 9.14. The number of hydrogen-bond donors (Lipinski definition) is 0. The number of hydrazone groups is 1. The van der Waals surface area contributed by atoms with E-state index in [1.165, 1.54) is 35.1 Å². The van der Waals surface area contributed by atoms with Crippen molar-refractivity contribution in [1.29, 1.82) is 0 Å². The van der Waals surface area contributed by atoms with Crippen molar-refractivity contribution in [2.75, 3.05) is 19.6 Å². The Labute approximate surface area is 180 Å². The molecule has 1 amide bonds. The van der Waals surface area contributed by atoms with Crippen LogP contribution in [-0.2, 0) is 4.79 Å². The maximum atomic E-state index is 13.4. The summed E-state index contributed by atoms with van der Waals surface area (Å²) in [5.41, 5.74) is 7.02. The summed E-state index contributed by atoms with van der Waals surface area (Å²) in [7, 11) is 0. The molecule has 1 fully saturated rings. The molecule has 4 nitrogen and oxygen atoms in total. The molecular formula is C26H33N3O. The van der Waals surface area contributed by atoms with Gasteiger partial charge in [-0.1, -0.05) is 48.9 Å². The van der Waals surface area contributed by atoms with Crippen LogP contribution in [0.25, 0.3) is 0 Å². The van der Waals surface area contributed by atoms with Crippen LogP contribution in [0.15, 0.2) is 47.6 Å². The minimum Gasteiger partial charge on any atom is -0.294 e. The molecule has 2 aromatic carbocycles. The van der Waals surface area contributed by atoms with Gasteiger partial charge in [0.05, 0.1) is 18.3 Å². The monoisotopic (exact) mass is 403 g/mol. The molecule has 0 aliphatic carbocycles. The Morgan fingerprint density at radius 2 is 1.77 bits per heavy atom. The van der Waals surface area contributed by atoms with E-state index in [1.807, 2.05) is 0 Å². The lowest BCUT2D eigenvalue weighted by Crippen LogP contribution is -2.41. The van der Waals surface area contributed by atoms with Crippen LogP contribution in [0.4, 0.5) is 0 Å². The average molecular weight is 404 g/mol. The molecule has 2 aliphatic rings. The molecule has 4 rings (SSSR count). The summed E-state index contributed by atoms with van der Waals surface area (Å²) in [5, 5.41) is 6.69. The number of carbonyl (C=O) groups is 1. The van der Waals surface area contributed by atoms with Gasteiger partial charge in [0, 0.05) is 12.0 Å². The van der Waals surface area contributed by atoms with E-state index in [-0.39, 0.29) is 11.9 Å². The van der Waals surface area contributed by atoms with Gasteiger partial charge in [0.15, 0.2) is 0 Å². The first-order chi connectivity index (χ1) is 14.4. The number of likely N-dealkylation sites (tertiary alicyclic amines) is 1. The lowest BCUT2D eigenvalue weighted by molar-refractivity contribution is -0.134. The van der Waals surface area contributed by atoms with E-state index in [0.29, 0.717) is 6.54 Å². The second kappa shape index (κ2) is 8.73. The SMILES string of the molecule is Cc1ccc(C)c(C2=NN(C(=O)CN3CCC(C)CC3)[C@H](c3ccccc3C)C2)c1. The average Bonchev–Trinajstić information content (AvgIpc) is 3.17. The van der Waals surface area contributed by atoms with Crippen LogP contribution in [0.1, 0.15) is 60.0 Å². The summed E-state index contributed by atoms with van der Waals surface area (Å²) < 4.78 is 0. The molecule has 1 saturated heterocycles. The highest BCUT2D eigenvalue weighted by Crippen LogP contribution is 2.35. The Hall–Kier alpha value is -2.46. The minimum absolute atomic E-state index is 0.0303. The number of benzene rings is 2. The molecular weight excluding hydrogens is 370 g/mol. The van der Waals surface area contributed by atoms with E-state index < -0.39 is 0 Å². The Morgan fingerprint density at radius 3 is 2.50 bits per heavy atom. The van der Waals surface area contributed by atoms with Crippen LogP contribution in [-0.4, -0.2) is 41.2 Å². The molecule has 30 heavy (non-hydrogen) atoms. The van der Waals surface area contributed by atoms with E-state index in [2.05, 4.69) is 75.1 Å². The van der Waals surface area contributed by atoms with E-state index >= 15 is 0 Å². The van der Waals surface area contributed by atoms with Crippen molar-refractivity contribution < 1.29 is 4.79 Å². The minimum atomic E-state index is -0.0303. The van der Waals surface area contributed by atoms with Crippen molar-refractivity contribution in [3.63, 3.8) is 0 Å². The highest BCUT2D eigenvalue weighted by atomic mass is 16.2. The van der Waals surface area contributed by atoms with E-state index in [4.69, 9.17) is 5.10 Å². The Balaban J connectivity index is 1.63. The molecule has 0 aromatic heterocycles. The Morgan fingerprint density at radius 1 is 1.03 bits per heavy atom. The summed E-state index contributed by atoms with van der Waals surface area (Å²) >= 11 is 0. The van der Waals surface area contributed by atoms with Gasteiger partial charge in [0.25, 0.3) is 5.91 Å². The lowest BCUT2D eigenvalue weighted by atomic mass is 9.93. The molecule has 2 aliphatic heterocycles. The first-order valence-corrected chi connectivity index (χ1v) is 11.2.